The van der Waals surface area contributed by atoms with E-state index in [1.165, 1.54) is 12.0 Å². The molecule has 3 aromatic rings. The molecule has 1 saturated heterocycles. The second-order valence-electron chi connectivity index (χ2n) is 9.84. The zero-order chi connectivity index (χ0) is 29.0. The standard InChI is InChI=1S/C34H37NO5S/c1-25-23-30(12-15-33(25)40-24-34(37)38-2)39-22-18-32(28-10-13-31(41-3)14-11-28)27-8-6-26(7-9-27)5-4-19-35-20-16-29(36)17-21-35/h6-15,18,23,29,36H,16-17,19-22,24H2,1-3H3. The first-order valence-electron chi connectivity index (χ1n) is 13.7. The molecule has 0 unspecified atom stereocenters. The van der Waals surface area contributed by atoms with Crippen LogP contribution in [0.5, 0.6) is 11.5 Å². The number of piperidine rings is 1. The lowest BCUT2D eigenvalue weighted by Gasteiger charge is -2.27. The third-order valence-corrected chi connectivity index (χ3v) is 7.69. The zero-order valence-electron chi connectivity index (χ0n) is 23.9. The van der Waals surface area contributed by atoms with Crippen molar-refractivity contribution < 1.29 is 24.1 Å². The van der Waals surface area contributed by atoms with Crippen molar-refractivity contribution >= 4 is 23.3 Å². The van der Waals surface area contributed by atoms with Gasteiger partial charge in [0.2, 0.25) is 0 Å². The Hall–Kier alpha value is -3.70. The Labute approximate surface area is 247 Å². The number of esters is 1. The van der Waals surface area contributed by atoms with Crippen molar-refractivity contribution in [3.63, 3.8) is 0 Å². The van der Waals surface area contributed by atoms with Gasteiger partial charge in [-0.3, -0.25) is 4.90 Å². The third kappa shape index (κ3) is 9.15. The molecule has 0 aliphatic carbocycles. The maximum Gasteiger partial charge on any atom is 0.343 e. The highest BCUT2D eigenvalue weighted by molar-refractivity contribution is 7.98. The van der Waals surface area contributed by atoms with Crippen LogP contribution in [0.1, 0.15) is 35.1 Å². The second kappa shape index (κ2) is 15.3. The van der Waals surface area contributed by atoms with Crippen LogP contribution in [0.3, 0.4) is 0 Å². The summed E-state index contributed by atoms with van der Waals surface area (Å²) in [5, 5.41) is 9.69. The first-order valence-corrected chi connectivity index (χ1v) is 14.9. The van der Waals surface area contributed by atoms with E-state index in [9.17, 15) is 9.90 Å². The highest BCUT2D eigenvalue weighted by Gasteiger charge is 2.15. The van der Waals surface area contributed by atoms with Crippen molar-refractivity contribution in [2.24, 2.45) is 0 Å². The fraction of sp³-hybridized carbons (Fsp3) is 0.324. The van der Waals surface area contributed by atoms with Gasteiger partial charge in [-0.1, -0.05) is 36.1 Å². The molecule has 7 heteroatoms. The van der Waals surface area contributed by atoms with Gasteiger partial charge < -0.3 is 19.3 Å². The second-order valence-corrected chi connectivity index (χ2v) is 10.7. The molecular formula is C34H37NO5S. The van der Waals surface area contributed by atoms with Crippen molar-refractivity contribution in [1.29, 1.82) is 0 Å². The summed E-state index contributed by atoms with van der Waals surface area (Å²) in [5.41, 5.74) is 5.13. The van der Waals surface area contributed by atoms with Gasteiger partial charge in [-0.2, -0.15) is 0 Å². The van der Waals surface area contributed by atoms with Gasteiger partial charge in [0.25, 0.3) is 0 Å². The Kier molecular flexibility index (Phi) is 11.3. The van der Waals surface area contributed by atoms with E-state index in [4.69, 9.17) is 9.47 Å². The fourth-order valence-corrected chi connectivity index (χ4v) is 4.94. The molecule has 1 aliphatic rings. The van der Waals surface area contributed by atoms with Crippen LogP contribution in [-0.4, -0.2) is 68.3 Å². The van der Waals surface area contributed by atoms with Crippen molar-refractivity contribution in [2.45, 2.75) is 30.8 Å². The van der Waals surface area contributed by atoms with Gasteiger partial charge in [0.15, 0.2) is 6.61 Å². The number of ether oxygens (including phenoxy) is 3. The molecule has 41 heavy (non-hydrogen) atoms. The Balaban J connectivity index is 1.45. The molecule has 0 amide bonds. The van der Waals surface area contributed by atoms with Crippen LogP contribution < -0.4 is 9.47 Å². The van der Waals surface area contributed by atoms with Crippen molar-refractivity contribution in [2.75, 3.05) is 46.2 Å². The van der Waals surface area contributed by atoms with E-state index in [0.717, 1.165) is 66.1 Å². The van der Waals surface area contributed by atoms with E-state index in [2.05, 4.69) is 82.3 Å². The van der Waals surface area contributed by atoms with Crippen molar-refractivity contribution in [3.05, 3.63) is 95.1 Å². The largest absolute Gasteiger partial charge is 0.489 e. The molecule has 3 aromatic carbocycles. The van der Waals surface area contributed by atoms with Gasteiger partial charge in [0.1, 0.15) is 18.1 Å². The molecule has 214 valence electrons. The lowest BCUT2D eigenvalue weighted by Crippen LogP contribution is -2.35. The number of aliphatic hydroxyl groups is 1. The Bertz CT molecular complexity index is 1380. The minimum Gasteiger partial charge on any atom is -0.489 e. The van der Waals surface area contributed by atoms with Gasteiger partial charge in [0, 0.05) is 23.5 Å². The van der Waals surface area contributed by atoms with Crippen molar-refractivity contribution in [3.8, 4) is 23.3 Å². The molecular weight excluding hydrogens is 534 g/mol. The number of nitrogens with zero attached hydrogens (tertiary/aromatic N) is 1. The van der Waals surface area contributed by atoms with Crippen LogP contribution in [0.2, 0.25) is 0 Å². The lowest BCUT2D eigenvalue weighted by atomic mass is 9.97. The molecule has 0 atom stereocenters. The topological polar surface area (TPSA) is 68.2 Å². The number of aliphatic hydroxyl groups excluding tert-OH is 1. The number of likely N-dealkylation sites (tertiary alicyclic amines) is 1. The number of methoxy groups -OCH3 is 1. The van der Waals surface area contributed by atoms with Crippen molar-refractivity contribution in [1.82, 2.24) is 4.90 Å². The van der Waals surface area contributed by atoms with Crippen LogP contribution in [0.25, 0.3) is 5.57 Å². The molecule has 0 aromatic heterocycles. The number of carbonyl (C=O) groups is 1. The van der Waals surface area contributed by atoms with Gasteiger partial charge in [-0.05, 0) is 96.8 Å². The predicted octanol–water partition coefficient (Wildman–Crippen LogP) is 5.59. The first-order chi connectivity index (χ1) is 19.9. The number of thioether (sulfide) groups is 1. The molecule has 4 rings (SSSR count). The maximum atomic E-state index is 11.4. The summed E-state index contributed by atoms with van der Waals surface area (Å²) in [7, 11) is 1.34. The average Bonchev–Trinajstić information content (AvgIpc) is 3.00. The summed E-state index contributed by atoms with van der Waals surface area (Å²) in [6.07, 6.45) is 5.64. The predicted molar refractivity (Wildman–Crippen MR) is 164 cm³/mol. The van der Waals surface area contributed by atoms with E-state index < -0.39 is 5.97 Å². The van der Waals surface area contributed by atoms with Gasteiger partial charge in [-0.15, -0.1) is 11.8 Å². The molecule has 0 bridgehead atoms. The number of carbonyl (C=O) groups excluding carboxylic acids is 1. The Morgan fingerprint density at radius 2 is 1.71 bits per heavy atom. The fourth-order valence-electron chi connectivity index (χ4n) is 4.53. The molecule has 1 N–H and O–H groups in total. The van der Waals surface area contributed by atoms with E-state index in [1.807, 2.05) is 19.1 Å². The monoisotopic (exact) mass is 571 g/mol. The molecule has 0 spiro atoms. The van der Waals surface area contributed by atoms with E-state index >= 15 is 0 Å². The van der Waals surface area contributed by atoms with Crippen LogP contribution >= 0.6 is 11.8 Å². The minimum atomic E-state index is -0.424. The number of rotatable bonds is 10. The summed E-state index contributed by atoms with van der Waals surface area (Å²) in [6, 6.07) is 22.4. The van der Waals surface area contributed by atoms with E-state index in [-0.39, 0.29) is 12.7 Å². The van der Waals surface area contributed by atoms with E-state index in [0.29, 0.717) is 12.4 Å². The highest BCUT2D eigenvalue weighted by Crippen LogP contribution is 2.27. The van der Waals surface area contributed by atoms with Crippen LogP contribution in [0.4, 0.5) is 0 Å². The molecule has 1 aliphatic heterocycles. The average molecular weight is 572 g/mol. The molecule has 1 fully saturated rings. The first kappa shape index (κ1) is 30.3. The molecule has 0 radical (unpaired) electrons. The van der Waals surface area contributed by atoms with E-state index in [1.54, 1.807) is 17.8 Å². The van der Waals surface area contributed by atoms with Crippen LogP contribution in [0.15, 0.2) is 77.7 Å². The third-order valence-electron chi connectivity index (χ3n) is 6.95. The Morgan fingerprint density at radius 1 is 1.02 bits per heavy atom. The lowest BCUT2D eigenvalue weighted by molar-refractivity contribution is -0.142. The summed E-state index contributed by atoms with van der Waals surface area (Å²) >= 11 is 1.72. The number of benzene rings is 3. The summed E-state index contributed by atoms with van der Waals surface area (Å²) in [5.74, 6) is 7.47. The molecule has 6 nitrogen and oxygen atoms in total. The van der Waals surface area contributed by atoms with Crippen LogP contribution in [-0.2, 0) is 9.53 Å². The smallest absolute Gasteiger partial charge is 0.343 e. The summed E-state index contributed by atoms with van der Waals surface area (Å²) < 4.78 is 16.2. The number of hydrogen-bond donors (Lipinski definition) is 1. The molecule has 0 saturated carbocycles. The highest BCUT2D eigenvalue weighted by atomic mass is 32.2. The maximum absolute atomic E-state index is 11.4. The minimum absolute atomic E-state index is 0.132. The van der Waals surface area contributed by atoms with Gasteiger partial charge in [0.05, 0.1) is 19.8 Å². The van der Waals surface area contributed by atoms with Crippen LogP contribution in [0, 0.1) is 18.8 Å². The molecule has 1 heterocycles. The SMILES string of the molecule is COC(=O)COc1ccc(OCC=C(c2ccc(C#CCN3CCC(O)CC3)cc2)c2ccc(SC)cc2)cc1C. The number of aryl methyl sites for hydroxylation is 1. The summed E-state index contributed by atoms with van der Waals surface area (Å²) in [6.45, 7) is 4.67. The van der Waals surface area contributed by atoms with Gasteiger partial charge in [-0.25, -0.2) is 4.79 Å². The zero-order valence-corrected chi connectivity index (χ0v) is 24.7. The van der Waals surface area contributed by atoms with Gasteiger partial charge >= 0.3 is 5.97 Å². The quantitative estimate of drug-likeness (QED) is 0.193. The summed E-state index contributed by atoms with van der Waals surface area (Å²) in [4.78, 5) is 14.9. The normalized spacial score (nSPS) is 14.2. The Morgan fingerprint density at radius 3 is 2.34 bits per heavy atom. The number of hydrogen-bond acceptors (Lipinski definition) is 7.